The number of hydrogen-bond acceptors (Lipinski definition) is 3. The average Bonchev–Trinajstić information content (AvgIpc) is 2.37. The number of piperidine rings is 1. The molecule has 3 nitrogen and oxygen atoms in total. The standard InChI is InChI=1S/C18H31NO2/c1-12(2)17(20)21-14(4)19-16-10-8-7-9-15(16)13(3)11-18(19,5)6/h13-16H,1,7-11H2,2-6H3. The van der Waals surface area contributed by atoms with Crippen LogP contribution in [0.15, 0.2) is 12.2 Å². The molecule has 0 radical (unpaired) electrons. The molecule has 2 aliphatic rings. The molecule has 21 heavy (non-hydrogen) atoms. The van der Waals surface area contributed by atoms with Crippen molar-refractivity contribution in [2.75, 3.05) is 0 Å². The van der Waals surface area contributed by atoms with E-state index < -0.39 is 0 Å². The van der Waals surface area contributed by atoms with Gasteiger partial charge in [0.15, 0.2) is 6.23 Å². The van der Waals surface area contributed by atoms with Gasteiger partial charge in [-0.2, -0.15) is 0 Å². The summed E-state index contributed by atoms with van der Waals surface area (Å²) in [6, 6.07) is 0.547. The summed E-state index contributed by atoms with van der Waals surface area (Å²) >= 11 is 0. The van der Waals surface area contributed by atoms with Crippen LogP contribution < -0.4 is 0 Å². The van der Waals surface area contributed by atoms with Gasteiger partial charge in [0.2, 0.25) is 0 Å². The van der Waals surface area contributed by atoms with E-state index in [2.05, 4.69) is 32.3 Å². The summed E-state index contributed by atoms with van der Waals surface area (Å²) < 4.78 is 5.66. The van der Waals surface area contributed by atoms with E-state index in [1.807, 2.05) is 6.92 Å². The van der Waals surface area contributed by atoms with Gasteiger partial charge >= 0.3 is 5.97 Å². The number of hydrogen-bond donors (Lipinski definition) is 0. The molecule has 4 atom stereocenters. The molecule has 0 aromatic carbocycles. The van der Waals surface area contributed by atoms with Crippen LogP contribution in [0.2, 0.25) is 0 Å². The van der Waals surface area contributed by atoms with E-state index in [-0.39, 0.29) is 17.7 Å². The summed E-state index contributed by atoms with van der Waals surface area (Å²) in [5.74, 6) is 1.23. The molecular formula is C18H31NO2. The Balaban J connectivity index is 2.20. The maximum absolute atomic E-state index is 11.9. The summed E-state index contributed by atoms with van der Waals surface area (Å²) in [5.41, 5.74) is 0.553. The molecule has 1 aliphatic heterocycles. The van der Waals surface area contributed by atoms with E-state index in [0.717, 1.165) is 11.8 Å². The Morgan fingerprint density at radius 3 is 2.57 bits per heavy atom. The second-order valence-corrected chi connectivity index (χ2v) is 7.70. The smallest absolute Gasteiger partial charge is 0.334 e. The molecule has 1 heterocycles. The first-order valence-corrected chi connectivity index (χ1v) is 8.39. The highest BCUT2D eigenvalue weighted by atomic mass is 16.6. The molecule has 0 amide bonds. The van der Waals surface area contributed by atoms with Crippen LogP contribution in [-0.2, 0) is 9.53 Å². The normalized spacial score (nSPS) is 33.9. The van der Waals surface area contributed by atoms with Crippen molar-refractivity contribution in [2.45, 2.75) is 84.5 Å². The van der Waals surface area contributed by atoms with Gasteiger partial charge < -0.3 is 4.74 Å². The van der Waals surface area contributed by atoms with E-state index in [1.54, 1.807) is 6.92 Å². The molecule has 2 fully saturated rings. The van der Waals surface area contributed by atoms with Gasteiger partial charge in [-0.05, 0) is 58.8 Å². The molecule has 0 bridgehead atoms. The van der Waals surface area contributed by atoms with Crippen molar-refractivity contribution in [3.8, 4) is 0 Å². The summed E-state index contributed by atoms with van der Waals surface area (Å²) in [6.45, 7) is 14.4. The Hall–Kier alpha value is -0.830. The first-order chi connectivity index (χ1) is 9.74. The lowest BCUT2D eigenvalue weighted by Crippen LogP contribution is -2.63. The first kappa shape index (κ1) is 16.5. The van der Waals surface area contributed by atoms with E-state index in [1.165, 1.54) is 32.1 Å². The minimum absolute atomic E-state index is 0.0761. The molecule has 120 valence electrons. The van der Waals surface area contributed by atoms with Gasteiger partial charge in [0.1, 0.15) is 0 Å². The molecule has 0 aromatic heterocycles. The Bertz CT molecular complexity index is 415. The largest absolute Gasteiger partial charge is 0.443 e. The molecule has 0 aromatic rings. The molecule has 1 saturated heterocycles. The summed E-state index contributed by atoms with van der Waals surface area (Å²) in [5, 5.41) is 0. The van der Waals surface area contributed by atoms with Crippen LogP contribution in [0.5, 0.6) is 0 Å². The number of fused-ring (bicyclic) bond motifs is 1. The molecule has 3 heteroatoms. The van der Waals surface area contributed by atoms with Crippen molar-refractivity contribution in [1.29, 1.82) is 0 Å². The third-order valence-corrected chi connectivity index (χ3v) is 5.41. The second-order valence-electron chi connectivity index (χ2n) is 7.70. The quantitative estimate of drug-likeness (QED) is 0.579. The van der Waals surface area contributed by atoms with Crippen molar-refractivity contribution in [3.05, 3.63) is 12.2 Å². The van der Waals surface area contributed by atoms with E-state index in [9.17, 15) is 4.79 Å². The fourth-order valence-corrected chi connectivity index (χ4v) is 4.72. The fraction of sp³-hybridized carbons (Fsp3) is 0.833. The Morgan fingerprint density at radius 1 is 1.33 bits per heavy atom. The number of ether oxygens (including phenoxy) is 1. The lowest BCUT2D eigenvalue weighted by atomic mass is 9.67. The van der Waals surface area contributed by atoms with Crippen LogP contribution in [0.3, 0.4) is 0 Å². The van der Waals surface area contributed by atoms with Crippen LogP contribution in [0.25, 0.3) is 0 Å². The summed E-state index contributed by atoms with van der Waals surface area (Å²) in [4.78, 5) is 14.4. The number of carbonyl (C=O) groups is 1. The summed E-state index contributed by atoms with van der Waals surface area (Å²) in [7, 11) is 0. The first-order valence-electron chi connectivity index (χ1n) is 8.39. The second kappa shape index (κ2) is 6.12. The predicted octanol–water partition coefficient (Wildman–Crippen LogP) is 4.13. The molecule has 1 saturated carbocycles. The zero-order valence-electron chi connectivity index (χ0n) is 14.3. The number of esters is 1. The number of nitrogens with zero attached hydrogens (tertiary/aromatic N) is 1. The number of carbonyl (C=O) groups excluding carboxylic acids is 1. The maximum Gasteiger partial charge on any atom is 0.334 e. The van der Waals surface area contributed by atoms with Crippen LogP contribution in [0.4, 0.5) is 0 Å². The fourth-order valence-electron chi connectivity index (χ4n) is 4.72. The van der Waals surface area contributed by atoms with Gasteiger partial charge in [-0.25, -0.2) is 4.79 Å². The minimum atomic E-state index is -0.274. The van der Waals surface area contributed by atoms with Crippen LogP contribution in [-0.4, -0.2) is 28.7 Å². The lowest BCUT2D eigenvalue weighted by Gasteiger charge is -2.57. The SMILES string of the molecule is C=C(C)C(=O)OC(C)N1C2CCCCC2C(C)CC1(C)C. The van der Waals surface area contributed by atoms with Crippen LogP contribution in [0, 0.1) is 11.8 Å². The average molecular weight is 293 g/mol. The van der Waals surface area contributed by atoms with E-state index in [0.29, 0.717) is 11.6 Å². The van der Waals surface area contributed by atoms with E-state index >= 15 is 0 Å². The number of rotatable bonds is 3. The zero-order chi connectivity index (χ0) is 15.8. The van der Waals surface area contributed by atoms with Crippen LogP contribution in [0.1, 0.15) is 66.7 Å². The third kappa shape index (κ3) is 3.33. The highest BCUT2D eigenvalue weighted by Crippen LogP contribution is 2.46. The van der Waals surface area contributed by atoms with Gasteiger partial charge in [-0.1, -0.05) is 26.3 Å². The Kier molecular flexibility index (Phi) is 4.82. The minimum Gasteiger partial charge on any atom is -0.443 e. The molecule has 4 unspecified atom stereocenters. The predicted molar refractivity (Wildman–Crippen MR) is 85.8 cm³/mol. The van der Waals surface area contributed by atoms with Gasteiger partial charge in [0.05, 0.1) is 0 Å². The topological polar surface area (TPSA) is 29.5 Å². The highest BCUT2D eigenvalue weighted by Gasteiger charge is 2.48. The summed E-state index contributed by atoms with van der Waals surface area (Å²) in [6.07, 6.45) is 6.18. The molecule has 1 aliphatic carbocycles. The van der Waals surface area contributed by atoms with Crippen molar-refractivity contribution in [2.24, 2.45) is 11.8 Å². The number of likely N-dealkylation sites (tertiary alicyclic amines) is 1. The molecule has 2 rings (SSSR count). The highest BCUT2D eigenvalue weighted by molar-refractivity contribution is 5.87. The van der Waals surface area contributed by atoms with Crippen LogP contribution >= 0.6 is 0 Å². The zero-order valence-corrected chi connectivity index (χ0v) is 14.3. The molecular weight excluding hydrogens is 262 g/mol. The molecule has 0 N–H and O–H groups in total. The van der Waals surface area contributed by atoms with Gasteiger partial charge in [-0.15, -0.1) is 0 Å². The Morgan fingerprint density at radius 2 is 1.95 bits per heavy atom. The maximum atomic E-state index is 11.9. The van der Waals surface area contributed by atoms with Gasteiger partial charge in [0, 0.05) is 17.2 Å². The molecule has 0 spiro atoms. The van der Waals surface area contributed by atoms with Gasteiger partial charge in [0.25, 0.3) is 0 Å². The third-order valence-electron chi connectivity index (χ3n) is 5.41. The van der Waals surface area contributed by atoms with Crippen molar-refractivity contribution >= 4 is 5.97 Å². The van der Waals surface area contributed by atoms with E-state index in [4.69, 9.17) is 4.74 Å². The monoisotopic (exact) mass is 293 g/mol. The Labute approximate surface area is 129 Å². The lowest BCUT2D eigenvalue weighted by molar-refractivity contribution is -0.179. The van der Waals surface area contributed by atoms with Crippen molar-refractivity contribution in [3.63, 3.8) is 0 Å². The van der Waals surface area contributed by atoms with Gasteiger partial charge in [-0.3, -0.25) is 4.90 Å². The van der Waals surface area contributed by atoms with Crippen molar-refractivity contribution < 1.29 is 9.53 Å². The van der Waals surface area contributed by atoms with Crippen molar-refractivity contribution in [1.82, 2.24) is 4.90 Å².